The predicted octanol–water partition coefficient (Wildman–Crippen LogP) is 0.0790. The van der Waals surface area contributed by atoms with E-state index in [1.54, 1.807) is 7.05 Å². The molecule has 0 aromatic carbocycles. The maximum absolute atomic E-state index is 12.0. The van der Waals surface area contributed by atoms with Crippen LogP contribution in [0.4, 0.5) is 0 Å². The molecule has 9 nitrogen and oxygen atoms in total. The van der Waals surface area contributed by atoms with E-state index in [9.17, 15) is 18.0 Å². The molecule has 1 aliphatic rings. The van der Waals surface area contributed by atoms with Crippen molar-refractivity contribution in [3.05, 3.63) is 12.4 Å². The van der Waals surface area contributed by atoms with Gasteiger partial charge >= 0.3 is 5.97 Å². The highest BCUT2D eigenvalue weighted by Crippen LogP contribution is 2.17. The number of aryl methyl sites for hydroxylation is 1. The monoisotopic (exact) mass is 372 g/mol. The molecule has 10 heteroatoms. The lowest BCUT2D eigenvalue weighted by Gasteiger charge is -2.24. The van der Waals surface area contributed by atoms with Crippen LogP contribution in [0.15, 0.2) is 17.3 Å². The van der Waals surface area contributed by atoms with Crippen molar-refractivity contribution in [1.29, 1.82) is 0 Å². The average molecular weight is 372 g/mol. The van der Waals surface area contributed by atoms with Crippen molar-refractivity contribution < 1.29 is 22.7 Å². The van der Waals surface area contributed by atoms with E-state index < -0.39 is 28.6 Å². The van der Waals surface area contributed by atoms with Crippen molar-refractivity contribution >= 4 is 21.9 Å². The first-order chi connectivity index (χ1) is 11.8. The number of esters is 1. The standard InChI is InChI=1S/C15H24N4O5S/c1-11(15(21)18-12-6-4-3-5-7-12)24-14(20)9-17-25(22,23)13-8-16-19(2)10-13/h8,10-12,17H,3-7,9H2,1-2H3,(H,18,21)/t11-/m0/s1. The maximum Gasteiger partial charge on any atom is 0.321 e. The van der Waals surface area contributed by atoms with Gasteiger partial charge in [0.1, 0.15) is 11.4 Å². The summed E-state index contributed by atoms with van der Waals surface area (Å²) in [7, 11) is -2.26. The Morgan fingerprint density at radius 2 is 2.04 bits per heavy atom. The Hall–Kier alpha value is -1.94. The largest absolute Gasteiger partial charge is 0.452 e. The summed E-state index contributed by atoms with van der Waals surface area (Å²) in [5.41, 5.74) is 0. The molecule has 0 saturated heterocycles. The fourth-order valence-electron chi connectivity index (χ4n) is 2.63. The summed E-state index contributed by atoms with van der Waals surface area (Å²) in [4.78, 5) is 23.8. The van der Waals surface area contributed by atoms with Crippen LogP contribution in [0.25, 0.3) is 0 Å². The van der Waals surface area contributed by atoms with Crippen LogP contribution in [0.1, 0.15) is 39.0 Å². The molecule has 0 radical (unpaired) electrons. The van der Waals surface area contributed by atoms with Crippen LogP contribution in [-0.4, -0.2) is 48.8 Å². The van der Waals surface area contributed by atoms with Crippen molar-refractivity contribution in [2.75, 3.05) is 6.54 Å². The molecule has 0 spiro atoms. The average Bonchev–Trinajstić information content (AvgIpc) is 3.01. The van der Waals surface area contributed by atoms with Gasteiger partial charge in [-0.25, -0.2) is 8.42 Å². The highest BCUT2D eigenvalue weighted by molar-refractivity contribution is 7.89. The zero-order chi connectivity index (χ0) is 18.4. The molecule has 25 heavy (non-hydrogen) atoms. The van der Waals surface area contributed by atoms with Crippen LogP contribution >= 0.6 is 0 Å². The number of aromatic nitrogens is 2. The lowest BCUT2D eigenvalue weighted by atomic mass is 9.95. The fraction of sp³-hybridized carbons (Fsp3) is 0.667. The number of ether oxygens (including phenoxy) is 1. The molecule has 2 N–H and O–H groups in total. The topological polar surface area (TPSA) is 119 Å². The molecule has 1 aromatic heterocycles. The summed E-state index contributed by atoms with van der Waals surface area (Å²) in [5, 5.41) is 6.62. The number of carbonyl (C=O) groups excluding carboxylic acids is 2. The van der Waals surface area contributed by atoms with E-state index in [1.165, 1.54) is 30.4 Å². The number of amides is 1. The minimum Gasteiger partial charge on any atom is -0.452 e. The molecule has 1 aliphatic carbocycles. The summed E-state index contributed by atoms with van der Waals surface area (Å²) in [6.45, 7) is 0.907. The molecule has 1 aromatic rings. The molecule has 1 saturated carbocycles. The first-order valence-electron chi connectivity index (χ1n) is 8.26. The molecule has 0 unspecified atom stereocenters. The fourth-order valence-corrected chi connectivity index (χ4v) is 3.58. The molecule has 1 fully saturated rings. The summed E-state index contributed by atoms with van der Waals surface area (Å²) in [6.07, 6.45) is 6.70. The number of nitrogens with zero attached hydrogens (tertiary/aromatic N) is 2. The summed E-state index contributed by atoms with van der Waals surface area (Å²) in [6, 6.07) is 0.117. The van der Waals surface area contributed by atoms with Crippen LogP contribution < -0.4 is 10.0 Å². The van der Waals surface area contributed by atoms with Crippen molar-refractivity contribution in [3.8, 4) is 0 Å². The van der Waals surface area contributed by atoms with E-state index in [-0.39, 0.29) is 16.8 Å². The van der Waals surface area contributed by atoms with Crippen LogP contribution in [0.3, 0.4) is 0 Å². The van der Waals surface area contributed by atoms with E-state index in [0.29, 0.717) is 0 Å². The zero-order valence-corrected chi connectivity index (χ0v) is 15.2. The molecule has 140 valence electrons. The minimum atomic E-state index is -3.85. The third kappa shape index (κ3) is 5.82. The van der Waals surface area contributed by atoms with E-state index in [1.807, 2.05) is 0 Å². The normalized spacial score (nSPS) is 17.0. The van der Waals surface area contributed by atoms with Gasteiger partial charge in [-0.2, -0.15) is 9.82 Å². The van der Waals surface area contributed by atoms with Crippen molar-refractivity contribution in [1.82, 2.24) is 19.8 Å². The van der Waals surface area contributed by atoms with Crippen molar-refractivity contribution in [2.45, 2.75) is 56.1 Å². The van der Waals surface area contributed by atoms with Gasteiger partial charge in [0.15, 0.2) is 6.10 Å². The van der Waals surface area contributed by atoms with Crippen molar-refractivity contribution in [3.63, 3.8) is 0 Å². The predicted molar refractivity (Wildman–Crippen MR) is 89.0 cm³/mol. The van der Waals surface area contributed by atoms with Crippen LogP contribution in [0.2, 0.25) is 0 Å². The number of sulfonamides is 1. The van der Waals surface area contributed by atoms with Gasteiger partial charge in [-0.05, 0) is 19.8 Å². The molecule has 0 bridgehead atoms. The first-order valence-corrected chi connectivity index (χ1v) is 9.74. The molecule has 1 atom stereocenters. The van der Waals surface area contributed by atoms with Gasteiger partial charge in [0.05, 0.1) is 6.20 Å². The zero-order valence-electron chi connectivity index (χ0n) is 14.4. The summed E-state index contributed by atoms with van der Waals surface area (Å²) >= 11 is 0. The molecule has 1 heterocycles. The summed E-state index contributed by atoms with van der Waals surface area (Å²) in [5.74, 6) is -1.19. The Morgan fingerprint density at radius 1 is 1.36 bits per heavy atom. The SMILES string of the molecule is C[C@H](OC(=O)CNS(=O)(=O)c1cnn(C)c1)C(=O)NC1CCCCC1. The molecule has 1 amide bonds. The molecular weight excluding hydrogens is 348 g/mol. The number of hydrogen-bond donors (Lipinski definition) is 2. The Labute approximate surface area is 147 Å². The van der Waals surface area contributed by atoms with E-state index in [4.69, 9.17) is 4.74 Å². The van der Waals surface area contributed by atoms with Gasteiger partial charge in [0.25, 0.3) is 5.91 Å². The Morgan fingerprint density at radius 3 is 2.64 bits per heavy atom. The van der Waals surface area contributed by atoms with Crippen LogP contribution in [-0.2, 0) is 31.4 Å². The second kappa shape index (κ2) is 8.43. The number of nitrogens with one attached hydrogen (secondary N) is 2. The smallest absolute Gasteiger partial charge is 0.321 e. The van der Waals surface area contributed by atoms with Gasteiger partial charge < -0.3 is 10.1 Å². The second-order valence-corrected chi connectivity index (χ2v) is 7.92. The van der Waals surface area contributed by atoms with Crippen LogP contribution in [0.5, 0.6) is 0 Å². The van der Waals surface area contributed by atoms with Gasteiger partial charge in [0, 0.05) is 19.3 Å². The quantitative estimate of drug-likeness (QED) is 0.654. The summed E-state index contributed by atoms with van der Waals surface area (Å²) < 4.78 is 32.4. The Bertz CT molecular complexity index is 709. The molecular formula is C15H24N4O5S. The van der Waals surface area contributed by atoms with Crippen molar-refractivity contribution in [2.24, 2.45) is 7.05 Å². The number of rotatable bonds is 7. The van der Waals surface area contributed by atoms with Gasteiger partial charge in [-0.1, -0.05) is 19.3 Å². The van der Waals surface area contributed by atoms with Gasteiger partial charge in [0.2, 0.25) is 10.0 Å². The lowest BCUT2D eigenvalue weighted by Crippen LogP contribution is -2.43. The highest BCUT2D eigenvalue weighted by Gasteiger charge is 2.23. The molecule has 2 rings (SSSR count). The minimum absolute atomic E-state index is 0.0501. The number of hydrogen-bond acceptors (Lipinski definition) is 6. The van der Waals surface area contributed by atoms with E-state index in [0.717, 1.165) is 25.7 Å². The van der Waals surface area contributed by atoms with E-state index in [2.05, 4.69) is 15.1 Å². The lowest BCUT2D eigenvalue weighted by molar-refractivity contribution is -0.154. The van der Waals surface area contributed by atoms with Crippen LogP contribution in [0, 0.1) is 0 Å². The van der Waals surface area contributed by atoms with E-state index >= 15 is 0 Å². The third-order valence-corrected chi connectivity index (χ3v) is 5.38. The Kier molecular flexibility index (Phi) is 6.54. The highest BCUT2D eigenvalue weighted by atomic mass is 32.2. The molecule has 0 aliphatic heterocycles. The van der Waals surface area contributed by atoms with Gasteiger partial charge in [-0.3, -0.25) is 14.3 Å². The van der Waals surface area contributed by atoms with Gasteiger partial charge in [-0.15, -0.1) is 0 Å². The Balaban J connectivity index is 1.77. The first kappa shape index (κ1) is 19.4. The third-order valence-electron chi connectivity index (χ3n) is 4.03. The second-order valence-electron chi connectivity index (χ2n) is 6.15. The number of carbonyl (C=O) groups is 2. The maximum atomic E-state index is 12.0.